The summed E-state index contributed by atoms with van der Waals surface area (Å²) >= 11 is 6.45. The molecule has 0 amide bonds. The van der Waals surface area contributed by atoms with E-state index in [1.54, 1.807) is 24.3 Å². The van der Waals surface area contributed by atoms with Gasteiger partial charge in [0.1, 0.15) is 5.82 Å². The lowest BCUT2D eigenvalue weighted by Crippen LogP contribution is -2.11. The van der Waals surface area contributed by atoms with Crippen LogP contribution in [0.3, 0.4) is 0 Å². The Morgan fingerprint density at radius 1 is 0.900 bits per heavy atom. The first-order valence-corrected chi connectivity index (χ1v) is 12.6. The number of thiazole rings is 1. The predicted octanol–water partition coefficient (Wildman–Crippen LogP) is 6.18. The third-order valence-electron chi connectivity index (χ3n) is 4.19. The van der Waals surface area contributed by atoms with Crippen molar-refractivity contribution in [2.45, 2.75) is 14.1 Å². The van der Waals surface area contributed by atoms with Crippen LogP contribution in [0, 0.1) is 5.82 Å². The highest BCUT2D eigenvalue weighted by atomic mass is 79.9. The van der Waals surface area contributed by atoms with Gasteiger partial charge in [-0.2, -0.15) is 0 Å². The molecular formula is C21H14BrFN2O2S3. The lowest BCUT2D eigenvalue weighted by Gasteiger charge is -2.04. The van der Waals surface area contributed by atoms with Crippen molar-refractivity contribution in [1.29, 1.82) is 0 Å². The minimum atomic E-state index is -3.78. The zero-order valence-corrected chi connectivity index (χ0v) is 19.3. The van der Waals surface area contributed by atoms with E-state index in [2.05, 4.69) is 15.9 Å². The Morgan fingerprint density at radius 2 is 1.50 bits per heavy atom. The smallest absolute Gasteiger partial charge is 0.229 e. The molecule has 3 aromatic carbocycles. The van der Waals surface area contributed by atoms with E-state index in [1.165, 1.54) is 47.4 Å². The maximum Gasteiger partial charge on any atom is 0.238 e. The molecule has 152 valence electrons. The third kappa shape index (κ3) is 4.81. The average Bonchev–Trinajstić information content (AvgIpc) is 3.13. The number of nitrogens with two attached hydrogens (primary N) is 1. The summed E-state index contributed by atoms with van der Waals surface area (Å²) in [5, 5.41) is 5.20. The van der Waals surface area contributed by atoms with E-state index < -0.39 is 10.0 Å². The van der Waals surface area contributed by atoms with Gasteiger partial charge >= 0.3 is 0 Å². The lowest BCUT2D eigenvalue weighted by atomic mass is 10.1. The highest BCUT2D eigenvalue weighted by Crippen LogP contribution is 2.42. The SMILES string of the molecule is NS(=O)(=O)c1ccc(-c2nc(Sc3ccc(Br)cc3)sc2-c2ccc(F)cc2)cc1. The standard InChI is InChI=1S/C21H14BrFN2O2S3/c22-15-5-9-17(10-6-15)28-21-25-19(13-3-11-18(12-4-13)30(24,26)27)20(29-21)14-1-7-16(23)8-2-14/h1-12H,(H2,24,26,27). The van der Waals surface area contributed by atoms with Crippen LogP contribution in [-0.2, 0) is 10.0 Å². The summed E-state index contributed by atoms with van der Waals surface area (Å²) in [7, 11) is -3.78. The molecule has 9 heteroatoms. The number of aromatic nitrogens is 1. The van der Waals surface area contributed by atoms with Crippen molar-refractivity contribution in [3.05, 3.63) is 83.1 Å². The second-order valence-electron chi connectivity index (χ2n) is 6.29. The molecule has 4 aromatic rings. The van der Waals surface area contributed by atoms with Crippen molar-refractivity contribution < 1.29 is 12.8 Å². The fourth-order valence-corrected chi connectivity index (χ4v) is 5.66. The molecule has 2 N–H and O–H groups in total. The largest absolute Gasteiger partial charge is 0.238 e. The molecule has 0 atom stereocenters. The molecule has 0 fully saturated rings. The molecule has 4 rings (SSSR count). The van der Waals surface area contributed by atoms with Crippen LogP contribution in [-0.4, -0.2) is 13.4 Å². The van der Waals surface area contributed by atoms with Gasteiger partial charge in [-0.25, -0.2) is 22.9 Å². The van der Waals surface area contributed by atoms with Crippen LogP contribution in [0.1, 0.15) is 0 Å². The van der Waals surface area contributed by atoms with E-state index in [1.807, 2.05) is 24.3 Å². The molecule has 0 aliphatic carbocycles. The molecule has 0 unspecified atom stereocenters. The van der Waals surface area contributed by atoms with Crippen LogP contribution < -0.4 is 5.14 Å². The van der Waals surface area contributed by atoms with Crippen molar-refractivity contribution >= 4 is 49.1 Å². The Kier molecular flexibility index (Phi) is 6.08. The average molecular weight is 521 g/mol. The first-order valence-electron chi connectivity index (χ1n) is 8.63. The zero-order valence-electron chi connectivity index (χ0n) is 15.2. The minimum absolute atomic E-state index is 0.0364. The van der Waals surface area contributed by atoms with E-state index in [-0.39, 0.29) is 10.7 Å². The molecule has 1 aromatic heterocycles. The van der Waals surface area contributed by atoms with Crippen LogP contribution in [0.4, 0.5) is 4.39 Å². The summed E-state index contributed by atoms with van der Waals surface area (Å²) < 4.78 is 38.3. The normalized spacial score (nSPS) is 11.6. The van der Waals surface area contributed by atoms with Gasteiger partial charge in [-0.15, -0.1) is 11.3 Å². The van der Waals surface area contributed by atoms with Crippen LogP contribution in [0.25, 0.3) is 21.7 Å². The summed E-state index contributed by atoms with van der Waals surface area (Å²) in [6.07, 6.45) is 0. The van der Waals surface area contributed by atoms with Crippen molar-refractivity contribution in [1.82, 2.24) is 4.98 Å². The topological polar surface area (TPSA) is 73.1 Å². The Bertz CT molecular complexity index is 1290. The van der Waals surface area contributed by atoms with Gasteiger partial charge in [0.2, 0.25) is 10.0 Å². The Balaban J connectivity index is 1.78. The van der Waals surface area contributed by atoms with Gasteiger partial charge in [0, 0.05) is 14.9 Å². The molecule has 0 saturated carbocycles. The summed E-state index contributed by atoms with van der Waals surface area (Å²) in [6.45, 7) is 0. The van der Waals surface area contributed by atoms with E-state index >= 15 is 0 Å². The zero-order chi connectivity index (χ0) is 21.3. The van der Waals surface area contributed by atoms with Gasteiger partial charge in [-0.3, -0.25) is 0 Å². The fourth-order valence-electron chi connectivity index (χ4n) is 2.74. The Labute approximate surface area is 190 Å². The maximum atomic E-state index is 13.4. The first-order chi connectivity index (χ1) is 14.3. The van der Waals surface area contributed by atoms with E-state index in [9.17, 15) is 12.8 Å². The minimum Gasteiger partial charge on any atom is -0.229 e. The van der Waals surface area contributed by atoms with Crippen LogP contribution in [0.2, 0.25) is 0 Å². The molecule has 0 spiro atoms. The number of hydrogen-bond acceptors (Lipinski definition) is 5. The first kappa shape index (κ1) is 21.2. The number of primary sulfonamides is 1. The van der Waals surface area contributed by atoms with Gasteiger partial charge < -0.3 is 0 Å². The van der Waals surface area contributed by atoms with E-state index in [4.69, 9.17) is 10.1 Å². The number of hydrogen-bond donors (Lipinski definition) is 1. The van der Waals surface area contributed by atoms with E-state index in [0.29, 0.717) is 5.69 Å². The fraction of sp³-hybridized carbons (Fsp3) is 0. The maximum absolute atomic E-state index is 13.4. The second kappa shape index (κ2) is 8.60. The molecular weight excluding hydrogens is 507 g/mol. The molecule has 0 aliphatic rings. The monoisotopic (exact) mass is 520 g/mol. The third-order valence-corrected chi connectivity index (χ3v) is 7.82. The molecule has 0 radical (unpaired) electrons. The van der Waals surface area contributed by atoms with E-state index in [0.717, 1.165) is 29.7 Å². The van der Waals surface area contributed by atoms with Crippen molar-refractivity contribution in [2.75, 3.05) is 0 Å². The summed E-state index contributed by atoms with van der Waals surface area (Å²) in [4.78, 5) is 6.73. The highest BCUT2D eigenvalue weighted by molar-refractivity contribution is 9.10. The summed E-state index contributed by atoms with van der Waals surface area (Å²) in [5.74, 6) is -0.313. The predicted molar refractivity (Wildman–Crippen MR) is 123 cm³/mol. The molecule has 1 heterocycles. The molecule has 30 heavy (non-hydrogen) atoms. The number of nitrogens with zero attached hydrogens (tertiary/aromatic N) is 1. The molecule has 0 saturated heterocycles. The number of benzene rings is 3. The van der Waals surface area contributed by atoms with Gasteiger partial charge in [-0.05, 0) is 54.1 Å². The van der Waals surface area contributed by atoms with Gasteiger partial charge in [0.05, 0.1) is 15.5 Å². The highest BCUT2D eigenvalue weighted by Gasteiger charge is 2.17. The van der Waals surface area contributed by atoms with Gasteiger partial charge in [-0.1, -0.05) is 52.0 Å². The Hall–Kier alpha value is -2.04. The molecule has 4 nitrogen and oxygen atoms in total. The lowest BCUT2D eigenvalue weighted by molar-refractivity contribution is 0.598. The quantitative estimate of drug-likeness (QED) is 0.341. The molecule has 0 bridgehead atoms. The van der Waals surface area contributed by atoms with Crippen LogP contribution in [0.15, 0.2) is 91.4 Å². The van der Waals surface area contributed by atoms with Crippen molar-refractivity contribution in [3.63, 3.8) is 0 Å². The van der Waals surface area contributed by atoms with Crippen molar-refractivity contribution in [3.8, 4) is 21.7 Å². The second-order valence-corrected chi connectivity index (χ2v) is 11.1. The number of halogens is 2. The van der Waals surface area contributed by atoms with Crippen molar-refractivity contribution in [2.24, 2.45) is 5.14 Å². The van der Waals surface area contributed by atoms with Crippen LogP contribution in [0.5, 0.6) is 0 Å². The molecule has 0 aliphatic heterocycles. The Morgan fingerprint density at radius 3 is 2.10 bits per heavy atom. The summed E-state index contributed by atoms with van der Waals surface area (Å²) in [6, 6.07) is 20.4. The van der Waals surface area contributed by atoms with Gasteiger partial charge in [0.25, 0.3) is 0 Å². The summed E-state index contributed by atoms with van der Waals surface area (Å²) in [5.41, 5.74) is 2.29. The number of rotatable bonds is 5. The number of sulfonamides is 1. The van der Waals surface area contributed by atoms with Crippen LogP contribution >= 0.6 is 39.0 Å². The van der Waals surface area contributed by atoms with Gasteiger partial charge in [0.15, 0.2) is 4.34 Å².